The summed E-state index contributed by atoms with van der Waals surface area (Å²) in [5, 5.41) is 6.09. The number of nitrogens with one attached hydrogen (secondary N) is 2. The Labute approximate surface area is 192 Å². The predicted octanol–water partition coefficient (Wildman–Crippen LogP) is 2.64. The van der Waals surface area contributed by atoms with E-state index >= 15 is 0 Å². The van der Waals surface area contributed by atoms with E-state index < -0.39 is 22.8 Å². The molecule has 30 heavy (non-hydrogen) atoms. The summed E-state index contributed by atoms with van der Waals surface area (Å²) < 4.78 is 67.5. The Morgan fingerprint density at radius 1 is 1.30 bits per heavy atom. The van der Waals surface area contributed by atoms with Crippen LogP contribution in [0, 0.1) is 6.92 Å². The second-order valence-corrected chi connectivity index (χ2v) is 8.79. The number of rotatable bonds is 8. The monoisotopic (exact) mass is 564 g/mol. The smallest absolute Gasteiger partial charge is 0.422 e. The molecule has 0 aliphatic carbocycles. The van der Waals surface area contributed by atoms with Crippen molar-refractivity contribution in [3.8, 4) is 5.75 Å². The molecule has 0 bridgehead atoms. The highest BCUT2D eigenvalue weighted by molar-refractivity contribution is 14.0. The minimum atomic E-state index is -4.42. The lowest BCUT2D eigenvalue weighted by Crippen LogP contribution is -2.42. The maximum atomic E-state index is 12.5. The molecule has 0 spiro atoms. The summed E-state index contributed by atoms with van der Waals surface area (Å²) in [7, 11) is -3.16. The van der Waals surface area contributed by atoms with Crippen molar-refractivity contribution in [3.63, 3.8) is 0 Å². The van der Waals surface area contributed by atoms with Crippen LogP contribution in [0.25, 0.3) is 0 Å². The van der Waals surface area contributed by atoms with Crippen LogP contribution in [0.4, 0.5) is 13.2 Å². The zero-order valence-electron chi connectivity index (χ0n) is 17.0. The number of halogens is 4. The fraction of sp³-hybridized carbons (Fsp3) is 0.611. The van der Waals surface area contributed by atoms with Crippen LogP contribution in [0.2, 0.25) is 0 Å². The van der Waals surface area contributed by atoms with E-state index in [9.17, 15) is 21.6 Å². The van der Waals surface area contributed by atoms with Crippen molar-refractivity contribution in [3.05, 3.63) is 29.3 Å². The number of nitrogens with zero attached hydrogens (tertiary/aromatic N) is 2. The zero-order valence-corrected chi connectivity index (χ0v) is 20.1. The molecule has 1 heterocycles. The second kappa shape index (κ2) is 11.9. The van der Waals surface area contributed by atoms with Crippen molar-refractivity contribution in [2.45, 2.75) is 33.0 Å². The molecule has 12 heteroatoms. The highest BCUT2D eigenvalue weighted by atomic mass is 127. The van der Waals surface area contributed by atoms with E-state index in [-0.39, 0.29) is 42.0 Å². The Bertz CT molecular complexity index is 819. The van der Waals surface area contributed by atoms with E-state index in [0.29, 0.717) is 44.1 Å². The van der Waals surface area contributed by atoms with Gasteiger partial charge in [-0.2, -0.15) is 13.2 Å². The van der Waals surface area contributed by atoms with E-state index in [1.54, 1.807) is 25.1 Å². The lowest BCUT2D eigenvalue weighted by Gasteiger charge is -2.17. The maximum absolute atomic E-state index is 12.5. The molecule has 1 saturated heterocycles. The maximum Gasteiger partial charge on any atom is 0.422 e. The van der Waals surface area contributed by atoms with Crippen molar-refractivity contribution in [2.24, 2.45) is 4.99 Å². The number of aliphatic imine (C=N–C) groups is 1. The summed E-state index contributed by atoms with van der Waals surface area (Å²) in [6.45, 7) is 4.20. The van der Waals surface area contributed by atoms with Gasteiger partial charge >= 0.3 is 6.18 Å². The summed E-state index contributed by atoms with van der Waals surface area (Å²) in [6, 6.07) is 5.02. The summed E-state index contributed by atoms with van der Waals surface area (Å²) in [4.78, 5) is 4.38. The number of alkyl halides is 3. The minimum absolute atomic E-state index is 0. The molecule has 1 aliphatic heterocycles. The first-order valence-electron chi connectivity index (χ1n) is 9.40. The zero-order chi connectivity index (χ0) is 21.5. The summed E-state index contributed by atoms with van der Waals surface area (Å²) in [5.74, 6) is 0.770. The Morgan fingerprint density at radius 2 is 2.03 bits per heavy atom. The molecule has 0 radical (unpaired) electrons. The number of guanidine groups is 1. The Kier molecular flexibility index (Phi) is 10.6. The highest BCUT2D eigenvalue weighted by Gasteiger charge is 2.29. The molecule has 1 fully saturated rings. The van der Waals surface area contributed by atoms with Gasteiger partial charge in [-0.05, 0) is 31.9 Å². The van der Waals surface area contributed by atoms with Gasteiger partial charge in [-0.15, -0.1) is 24.0 Å². The fourth-order valence-electron chi connectivity index (χ4n) is 2.83. The van der Waals surface area contributed by atoms with E-state index in [4.69, 9.17) is 4.74 Å². The first-order chi connectivity index (χ1) is 13.6. The Balaban J connectivity index is 0.00000450. The van der Waals surface area contributed by atoms with E-state index in [1.807, 2.05) is 6.92 Å². The molecule has 1 aliphatic rings. The lowest BCUT2D eigenvalue weighted by atomic mass is 10.1. The van der Waals surface area contributed by atoms with Gasteiger partial charge in [-0.25, -0.2) is 17.7 Å². The third kappa shape index (κ3) is 8.84. The van der Waals surface area contributed by atoms with Gasteiger partial charge in [0.15, 0.2) is 12.6 Å². The summed E-state index contributed by atoms with van der Waals surface area (Å²) in [5.41, 5.74) is 1.31. The van der Waals surface area contributed by atoms with E-state index in [0.717, 1.165) is 5.56 Å². The van der Waals surface area contributed by atoms with Gasteiger partial charge in [0.05, 0.1) is 12.3 Å². The SMILES string of the molecule is CCNC(=NCc1ccc(C)cc1OCC(F)(F)F)NCCN1CCCS1(=O)=O.I. The third-order valence-electron chi connectivity index (χ3n) is 4.22. The molecular formula is C18H28F3IN4O3S. The van der Waals surface area contributed by atoms with Crippen LogP contribution in [0.15, 0.2) is 23.2 Å². The number of benzene rings is 1. The van der Waals surface area contributed by atoms with Gasteiger partial charge in [0.1, 0.15) is 5.75 Å². The minimum Gasteiger partial charge on any atom is -0.484 e. The van der Waals surface area contributed by atoms with Crippen LogP contribution in [-0.2, 0) is 16.6 Å². The summed E-state index contributed by atoms with van der Waals surface area (Å²) in [6.07, 6.45) is -3.79. The van der Waals surface area contributed by atoms with Gasteiger partial charge in [0.25, 0.3) is 0 Å². The molecule has 1 aromatic rings. The number of sulfonamides is 1. The lowest BCUT2D eigenvalue weighted by molar-refractivity contribution is -0.153. The third-order valence-corrected chi connectivity index (χ3v) is 6.18. The van der Waals surface area contributed by atoms with Crippen LogP contribution in [-0.4, -0.2) is 63.4 Å². The van der Waals surface area contributed by atoms with Crippen LogP contribution in [0.5, 0.6) is 5.75 Å². The molecule has 0 saturated carbocycles. The molecule has 172 valence electrons. The van der Waals surface area contributed by atoms with Crippen molar-refractivity contribution in [1.82, 2.24) is 14.9 Å². The topological polar surface area (TPSA) is 83.0 Å². The second-order valence-electron chi connectivity index (χ2n) is 6.71. The first kappa shape index (κ1) is 26.8. The van der Waals surface area contributed by atoms with Crippen LogP contribution in [0.3, 0.4) is 0 Å². The van der Waals surface area contributed by atoms with Crippen molar-refractivity contribution in [2.75, 3.05) is 38.5 Å². The molecule has 2 rings (SSSR count). The molecule has 0 aromatic heterocycles. The van der Waals surface area contributed by atoms with Crippen molar-refractivity contribution < 1.29 is 26.3 Å². The average Bonchev–Trinajstić information content (AvgIpc) is 2.96. The van der Waals surface area contributed by atoms with Crippen molar-refractivity contribution >= 4 is 40.0 Å². The standard InChI is InChI=1S/C18H27F3N4O3S.HI/c1-3-22-17(23-7-9-25-8-4-10-29(25,26)27)24-12-15-6-5-14(2)11-16(15)28-13-18(19,20)21;/h5-6,11H,3-4,7-10,12-13H2,1-2H3,(H2,22,23,24);1H. The molecule has 0 atom stereocenters. The van der Waals surface area contributed by atoms with Crippen LogP contribution >= 0.6 is 24.0 Å². The van der Waals surface area contributed by atoms with Crippen LogP contribution in [0.1, 0.15) is 24.5 Å². The molecular weight excluding hydrogens is 536 g/mol. The van der Waals surface area contributed by atoms with Crippen molar-refractivity contribution in [1.29, 1.82) is 0 Å². The van der Waals surface area contributed by atoms with Crippen LogP contribution < -0.4 is 15.4 Å². The average molecular weight is 564 g/mol. The number of ether oxygens (including phenoxy) is 1. The predicted molar refractivity (Wildman–Crippen MR) is 121 cm³/mol. The number of hydrogen-bond donors (Lipinski definition) is 2. The Morgan fingerprint density at radius 3 is 2.63 bits per heavy atom. The molecule has 0 amide bonds. The number of hydrogen-bond acceptors (Lipinski definition) is 4. The molecule has 1 aromatic carbocycles. The van der Waals surface area contributed by atoms with Gasteiger partial charge < -0.3 is 15.4 Å². The quantitative estimate of drug-likeness (QED) is 0.289. The van der Waals surface area contributed by atoms with Gasteiger partial charge in [0.2, 0.25) is 10.0 Å². The van der Waals surface area contributed by atoms with Gasteiger partial charge in [-0.3, -0.25) is 0 Å². The van der Waals surface area contributed by atoms with E-state index in [1.165, 1.54) is 4.31 Å². The first-order valence-corrected chi connectivity index (χ1v) is 11.0. The number of aryl methyl sites for hydroxylation is 1. The highest BCUT2D eigenvalue weighted by Crippen LogP contribution is 2.24. The molecule has 0 unspecified atom stereocenters. The normalized spacial score (nSPS) is 16.8. The molecule has 2 N–H and O–H groups in total. The van der Waals surface area contributed by atoms with E-state index in [2.05, 4.69) is 15.6 Å². The van der Waals surface area contributed by atoms with Gasteiger partial charge in [0, 0.05) is 31.7 Å². The van der Waals surface area contributed by atoms with Gasteiger partial charge in [-0.1, -0.05) is 12.1 Å². The summed E-state index contributed by atoms with van der Waals surface area (Å²) >= 11 is 0. The Hall–Kier alpha value is -1.28. The largest absolute Gasteiger partial charge is 0.484 e. The molecule has 7 nitrogen and oxygen atoms in total. The fourth-order valence-corrected chi connectivity index (χ4v) is 4.36.